The molecule has 2 rings (SSSR count). The number of aromatic nitrogens is 2. The highest BCUT2D eigenvalue weighted by molar-refractivity contribution is 5.35. The van der Waals surface area contributed by atoms with Gasteiger partial charge in [0.2, 0.25) is 0 Å². The van der Waals surface area contributed by atoms with E-state index in [1.54, 1.807) is 12.5 Å². The summed E-state index contributed by atoms with van der Waals surface area (Å²) in [7, 11) is 4.02. The molecule has 0 radical (unpaired) electrons. The Kier molecular flexibility index (Phi) is 4.12. The van der Waals surface area contributed by atoms with Crippen molar-refractivity contribution in [1.29, 1.82) is 0 Å². The van der Waals surface area contributed by atoms with E-state index in [4.69, 9.17) is 0 Å². The standard InChI is InChI=1S/C14H19N3O/c1-16(2)9-7-14(18)12-3-5-13(6-4-12)17-10-8-15-11-17/h3-6,8,10-11,14,18H,7,9H2,1-2H3. The fraction of sp³-hybridized carbons (Fsp3) is 0.357. The van der Waals surface area contributed by atoms with Gasteiger partial charge in [0.25, 0.3) is 0 Å². The highest BCUT2D eigenvalue weighted by Crippen LogP contribution is 2.18. The monoisotopic (exact) mass is 245 g/mol. The summed E-state index contributed by atoms with van der Waals surface area (Å²) < 4.78 is 1.94. The minimum atomic E-state index is -0.399. The summed E-state index contributed by atoms with van der Waals surface area (Å²) in [6, 6.07) is 7.93. The predicted octanol–water partition coefficient (Wildman–Crippen LogP) is 1.86. The van der Waals surface area contributed by atoms with Crippen molar-refractivity contribution in [2.45, 2.75) is 12.5 Å². The second kappa shape index (κ2) is 5.80. The van der Waals surface area contributed by atoms with Crippen molar-refractivity contribution < 1.29 is 5.11 Å². The molecule has 1 atom stereocenters. The molecule has 0 aliphatic heterocycles. The van der Waals surface area contributed by atoms with Crippen molar-refractivity contribution in [2.75, 3.05) is 20.6 Å². The molecule has 0 fully saturated rings. The number of hydrogen-bond acceptors (Lipinski definition) is 3. The lowest BCUT2D eigenvalue weighted by molar-refractivity contribution is 0.154. The maximum absolute atomic E-state index is 10.0. The van der Waals surface area contributed by atoms with E-state index in [2.05, 4.69) is 9.88 Å². The molecule has 4 heteroatoms. The van der Waals surface area contributed by atoms with Crippen molar-refractivity contribution in [3.8, 4) is 5.69 Å². The molecule has 18 heavy (non-hydrogen) atoms. The van der Waals surface area contributed by atoms with E-state index in [0.717, 1.165) is 24.2 Å². The van der Waals surface area contributed by atoms with Gasteiger partial charge in [-0.15, -0.1) is 0 Å². The fourth-order valence-electron chi connectivity index (χ4n) is 1.83. The summed E-state index contributed by atoms with van der Waals surface area (Å²) in [5, 5.41) is 10.0. The largest absolute Gasteiger partial charge is 0.388 e. The molecule has 1 N–H and O–H groups in total. The first-order valence-electron chi connectivity index (χ1n) is 6.08. The van der Waals surface area contributed by atoms with Gasteiger partial charge >= 0.3 is 0 Å². The number of imidazole rings is 1. The lowest BCUT2D eigenvalue weighted by Crippen LogP contribution is -2.15. The molecule has 1 aromatic heterocycles. The molecule has 2 aromatic rings. The molecule has 1 heterocycles. The summed E-state index contributed by atoms with van der Waals surface area (Å²) in [5.74, 6) is 0. The zero-order chi connectivity index (χ0) is 13.0. The van der Waals surface area contributed by atoms with E-state index in [-0.39, 0.29) is 0 Å². The SMILES string of the molecule is CN(C)CCC(O)c1ccc(-n2ccnc2)cc1. The molecule has 0 aliphatic carbocycles. The predicted molar refractivity (Wildman–Crippen MR) is 71.7 cm³/mol. The molecule has 1 unspecified atom stereocenters. The van der Waals surface area contributed by atoms with E-state index < -0.39 is 6.10 Å². The first kappa shape index (κ1) is 12.8. The van der Waals surface area contributed by atoms with Gasteiger partial charge in [0.1, 0.15) is 0 Å². The van der Waals surface area contributed by atoms with Crippen LogP contribution in [-0.2, 0) is 0 Å². The van der Waals surface area contributed by atoms with Crippen LogP contribution in [0.2, 0.25) is 0 Å². The maximum atomic E-state index is 10.0. The number of aliphatic hydroxyl groups is 1. The van der Waals surface area contributed by atoms with Gasteiger partial charge in [0, 0.05) is 24.6 Å². The first-order chi connectivity index (χ1) is 8.66. The molecule has 0 aliphatic rings. The van der Waals surface area contributed by atoms with Gasteiger partial charge in [-0.25, -0.2) is 4.98 Å². The Hall–Kier alpha value is -1.65. The Morgan fingerprint density at radius 2 is 2.00 bits per heavy atom. The quantitative estimate of drug-likeness (QED) is 0.874. The van der Waals surface area contributed by atoms with E-state index in [1.165, 1.54) is 0 Å². The summed E-state index contributed by atoms with van der Waals surface area (Å²) >= 11 is 0. The zero-order valence-electron chi connectivity index (χ0n) is 10.8. The smallest absolute Gasteiger partial charge is 0.0991 e. The Labute approximate surface area is 108 Å². The summed E-state index contributed by atoms with van der Waals surface area (Å²) in [6.07, 6.45) is 5.76. The highest BCUT2D eigenvalue weighted by Gasteiger charge is 2.07. The van der Waals surface area contributed by atoms with Gasteiger partial charge < -0.3 is 14.6 Å². The van der Waals surface area contributed by atoms with Crippen LogP contribution < -0.4 is 0 Å². The van der Waals surface area contributed by atoms with Crippen LogP contribution in [0.4, 0.5) is 0 Å². The average Bonchev–Trinajstić information content (AvgIpc) is 2.90. The van der Waals surface area contributed by atoms with Crippen LogP contribution in [0, 0.1) is 0 Å². The van der Waals surface area contributed by atoms with Crippen LogP contribution in [0.25, 0.3) is 5.69 Å². The third-order valence-electron chi connectivity index (χ3n) is 2.93. The van der Waals surface area contributed by atoms with Crippen LogP contribution >= 0.6 is 0 Å². The van der Waals surface area contributed by atoms with Crippen molar-refractivity contribution >= 4 is 0 Å². The Morgan fingerprint density at radius 1 is 1.28 bits per heavy atom. The molecule has 0 saturated carbocycles. The molecular weight excluding hydrogens is 226 g/mol. The molecule has 96 valence electrons. The van der Waals surface area contributed by atoms with Gasteiger partial charge in [0.05, 0.1) is 12.4 Å². The average molecular weight is 245 g/mol. The number of benzene rings is 1. The van der Waals surface area contributed by atoms with Crippen molar-refractivity contribution in [3.05, 3.63) is 48.5 Å². The number of rotatable bonds is 5. The third-order valence-corrected chi connectivity index (χ3v) is 2.93. The van der Waals surface area contributed by atoms with Crippen LogP contribution in [-0.4, -0.2) is 40.2 Å². The second-order valence-electron chi connectivity index (χ2n) is 4.67. The van der Waals surface area contributed by atoms with Gasteiger partial charge in [0.15, 0.2) is 0 Å². The summed E-state index contributed by atoms with van der Waals surface area (Å²) in [5.41, 5.74) is 2.01. The second-order valence-corrected chi connectivity index (χ2v) is 4.67. The lowest BCUT2D eigenvalue weighted by atomic mass is 10.1. The van der Waals surface area contributed by atoms with E-state index in [1.807, 2.05) is 49.1 Å². The van der Waals surface area contributed by atoms with Crippen LogP contribution in [0.15, 0.2) is 43.0 Å². The lowest BCUT2D eigenvalue weighted by Gasteiger charge is -2.15. The molecular formula is C14H19N3O. The Bertz CT molecular complexity index is 462. The van der Waals surface area contributed by atoms with Crippen LogP contribution in [0.1, 0.15) is 18.1 Å². The zero-order valence-corrected chi connectivity index (χ0v) is 10.8. The molecule has 0 spiro atoms. The van der Waals surface area contributed by atoms with E-state index in [9.17, 15) is 5.11 Å². The summed E-state index contributed by atoms with van der Waals surface area (Å²) in [6.45, 7) is 0.879. The number of hydrogen-bond donors (Lipinski definition) is 1. The van der Waals surface area contributed by atoms with Crippen LogP contribution in [0.5, 0.6) is 0 Å². The minimum Gasteiger partial charge on any atom is -0.388 e. The van der Waals surface area contributed by atoms with Crippen molar-refractivity contribution in [2.24, 2.45) is 0 Å². The third kappa shape index (κ3) is 3.18. The van der Waals surface area contributed by atoms with Gasteiger partial charge in [-0.2, -0.15) is 0 Å². The van der Waals surface area contributed by atoms with E-state index in [0.29, 0.717) is 0 Å². The molecule has 0 amide bonds. The van der Waals surface area contributed by atoms with Gasteiger partial charge in [-0.3, -0.25) is 0 Å². The van der Waals surface area contributed by atoms with Crippen molar-refractivity contribution in [1.82, 2.24) is 14.5 Å². The fourth-order valence-corrected chi connectivity index (χ4v) is 1.83. The molecule has 0 bridgehead atoms. The van der Waals surface area contributed by atoms with Gasteiger partial charge in [-0.05, 0) is 38.2 Å². The van der Waals surface area contributed by atoms with Crippen LogP contribution in [0.3, 0.4) is 0 Å². The van der Waals surface area contributed by atoms with Crippen molar-refractivity contribution in [3.63, 3.8) is 0 Å². The minimum absolute atomic E-state index is 0.399. The normalized spacial score (nSPS) is 12.9. The molecule has 1 aromatic carbocycles. The number of aliphatic hydroxyl groups excluding tert-OH is 1. The number of nitrogens with zero attached hydrogens (tertiary/aromatic N) is 3. The Morgan fingerprint density at radius 3 is 2.56 bits per heavy atom. The summed E-state index contributed by atoms with van der Waals surface area (Å²) in [4.78, 5) is 6.09. The maximum Gasteiger partial charge on any atom is 0.0991 e. The molecule has 0 saturated heterocycles. The van der Waals surface area contributed by atoms with E-state index >= 15 is 0 Å². The Balaban J connectivity index is 2.03. The first-order valence-corrected chi connectivity index (χ1v) is 6.08. The van der Waals surface area contributed by atoms with Gasteiger partial charge in [-0.1, -0.05) is 12.1 Å². The highest BCUT2D eigenvalue weighted by atomic mass is 16.3. The molecule has 4 nitrogen and oxygen atoms in total. The topological polar surface area (TPSA) is 41.3 Å².